The van der Waals surface area contributed by atoms with Gasteiger partial charge in [0.2, 0.25) is 0 Å². The molecule has 0 heterocycles. The molecule has 1 saturated carbocycles. The summed E-state index contributed by atoms with van der Waals surface area (Å²) in [6.07, 6.45) is 4.10. The van der Waals surface area contributed by atoms with Crippen molar-refractivity contribution in [3.05, 3.63) is 0 Å². The Morgan fingerprint density at radius 3 is 2.00 bits per heavy atom. The van der Waals surface area contributed by atoms with Crippen molar-refractivity contribution >= 4 is 12.6 Å². The number of thiol groups is 1. The standard InChI is InChI=1S/C9H18S/c1-9(2,3)7-5-4-6-8(7)10/h7-8,10H,4-6H2,1-3H3/t7?,8-/m0/s1. The molecule has 0 amide bonds. The molecular formula is C9H18S. The molecule has 1 heteroatoms. The van der Waals surface area contributed by atoms with Gasteiger partial charge in [-0.15, -0.1) is 0 Å². The molecule has 0 aromatic heterocycles. The minimum Gasteiger partial charge on any atom is -0.176 e. The highest BCUT2D eigenvalue weighted by atomic mass is 32.1. The van der Waals surface area contributed by atoms with E-state index in [2.05, 4.69) is 33.4 Å². The summed E-state index contributed by atoms with van der Waals surface area (Å²) in [7, 11) is 0. The van der Waals surface area contributed by atoms with Gasteiger partial charge < -0.3 is 0 Å². The van der Waals surface area contributed by atoms with Gasteiger partial charge in [-0.3, -0.25) is 0 Å². The lowest BCUT2D eigenvalue weighted by Crippen LogP contribution is -2.24. The minimum atomic E-state index is 0.475. The van der Waals surface area contributed by atoms with Crippen LogP contribution in [0.5, 0.6) is 0 Å². The average Bonchev–Trinajstić information content (AvgIpc) is 2.11. The van der Waals surface area contributed by atoms with Gasteiger partial charge in [-0.1, -0.05) is 27.2 Å². The van der Waals surface area contributed by atoms with E-state index < -0.39 is 0 Å². The van der Waals surface area contributed by atoms with Crippen LogP contribution in [0.4, 0.5) is 0 Å². The SMILES string of the molecule is CC(C)(C)C1CCC[C@@H]1S. The van der Waals surface area contributed by atoms with Crippen molar-refractivity contribution in [2.24, 2.45) is 11.3 Å². The van der Waals surface area contributed by atoms with Gasteiger partial charge in [-0.25, -0.2) is 0 Å². The van der Waals surface area contributed by atoms with E-state index in [4.69, 9.17) is 0 Å². The summed E-state index contributed by atoms with van der Waals surface area (Å²) in [5.74, 6) is 0.843. The van der Waals surface area contributed by atoms with E-state index in [1.54, 1.807) is 0 Å². The van der Waals surface area contributed by atoms with Crippen LogP contribution in [-0.4, -0.2) is 5.25 Å². The van der Waals surface area contributed by atoms with Gasteiger partial charge >= 0.3 is 0 Å². The number of hydrogen-bond donors (Lipinski definition) is 1. The fourth-order valence-corrected chi connectivity index (χ4v) is 2.73. The van der Waals surface area contributed by atoms with Gasteiger partial charge in [-0.05, 0) is 24.2 Å². The molecule has 0 spiro atoms. The van der Waals surface area contributed by atoms with Gasteiger partial charge in [0.1, 0.15) is 0 Å². The van der Waals surface area contributed by atoms with Crippen LogP contribution in [0.3, 0.4) is 0 Å². The first-order valence-electron chi connectivity index (χ1n) is 4.20. The van der Waals surface area contributed by atoms with Crippen molar-refractivity contribution in [2.75, 3.05) is 0 Å². The second-order valence-corrected chi connectivity index (χ2v) is 5.13. The molecule has 0 radical (unpaired) electrons. The van der Waals surface area contributed by atoms with E-state index in [1.807, 2.05) is 0 Å². The molecule has 0 aromatic rings. The number of rotatable bonds is 0. The van der Waals surface area contributed by atoms with Crippen LogP contribution in [0.2, 0.25) is 0 Å². The zero-order valence-corrected chi connectivity index (χ0v) is 8.12. The van der Waals surface area contributed by atoms with Crippen molar-refractivity contribution in [3.8, 4) is 0 Å². The van der Waals surface area contributed by atoms with E-state index in [-0.39, 0.29) is 0 Å². The minimum absolute atomic E-state index is 0.475. The summed E-state index contributed by atoms with van der Waals surface area (Å²) < 4.78 is 0. The molecule has 0 N–H and O–H groups in total. The second-order valence-electron chi connectivity index (χ2n) is 4.47. The Kier molecular flexibility index (Phi) is 2.34. The van der Waals surface area contributed by atoms with Crippen molar-refractivity contribution in [3.63, 3.8) is 0 Å². The van der Waals surface area contributed by atoms with Gasteiger partial charge in [0.15, 0.2) is 0 Å². The normalized spacial score (nSPS) is 34.8. The van der Waals surface area contributed by atoms with Crippen molar-refractivity contribution in [1.82, 2.24) is 0 Å². The first kappa shape index (κ1) is 8.45. The summed E-state index contributed by atoms with van der Waals surface area (Å²) in [5.41, 5.74) is 0.475. The Morgan fingerprint density at radius 2 is 1.80 bits per heavy atom. The molecule has 1 aliphatic carbocycles. The topological polar surface area (TPSA) is 0 Å². The molecule has 0 nitrogen and oxygen atoms in total. The van der Waals surface area contributed by atoms with Crippen molar-refractivity contribution in [1.29, 1.82) is 0 Å². The van der Waals surface area contributed by atoms with E-state index in [0.29, 0.717) is 10.7 Å². The lowest BCUT2D eigenvalue weighted by Gasteiger charge is -2.29. The Morgan fingerprint density at radius 1 is 1.20 bits per heavy atom. The Balaban J connectivity index is 2.55. The fourth-order valence-electron chi connectivity index (χ4n) is 1.95. The molecule has 0 bridgehead atoms. The molecule has 60 valence electrons. The lowest BCUT2D eigenvalue weighted by molar-refractivity contribution is 0.252. The summed E-state index contributed by atoms with van der Waals surface area (Å²) in [5, 5.41) is 0.667. The molecule has 1 aliphatic rings. The van der Waals surface area contributed by atoms with Crippen LogP contribution < -0.4 is 0 Å². The lowest BCUT2D eigenvalue weighted by atomic mass is 9.79. The quantitative estimate of drug-likeness (QED) is 0.514. The molecule has 0 aliphatic heterocycles. The number of hydrogen-bond acceptors (Lipinski definition) is 1. The first-order chi connectivity index (χ1) is 4.52. The van der Waals surface area contributed by atoms with Crippen LogP contribution in [0, 0.1) is 11.3 Å². The molecule has 1 fully saturated rings. The van der Waals surface area contributed by atoms with Gasteiger partial charge in [0.05, 0.1) is 0 Å². The maximum absolute atomic E-state index is 4.58. The van der Waals surface area contributed by atoms with Crippen LogP contribution in [0.15, 0.2) is 0 Å². The largest absolute Gasteiger partial charge is 0.176 e. The van der Waals surface area contributed by atoms with Crippen LogP contribution >= 0.6 is 12.6 Å². The molecule has 2 atom stereocenters. The predicted molar refractivity (Wildman–Crippen MR) is 49.6 cm³/mol. The third-order valence-corrected chi connectivity index (χ3v) is 3.21. The van der Waals surface area contributed by atoms with E-state index in [1.165, 1.54) is 19.3 Å². The zero-order valence-electron chi connectivity index (χ0n) is 7.22. The zero-order chi connectivity index (χ0) is 7.78. The smallest absolute Gasteiger partial charge is 0.00500 e. The summed E-state index contributed by atoms with van der Waals surface area (Å²) in [4.78, 5) is 0. The van der Waals surface area contributed by atoms with E-state index in [0.717, 1.165) is 5.92 Å². The third kappa shape index (κ3) is 1.69. The fraction of sp³-hybridized carbons (Fsp3) is 1.00. The maximum Gasteiger partial charge on any atom is 0.00500 e. The monoisotopic (exact) mass is 158 g/mol. The maximum atomic E-state index is 4.58. The van der Waals surface area contributed by atoms with Crippen LogP contribution in [0.1, 0.15) is 40.0 Å². The Bertz CT molecular complexity index is 112. The molecule has 10 heavy (non-hydrogen) atoms. The average molecular weight is 158 g/mol. The van der Waals surface area contributed by atoms with Crippen LogP contribution in [0.25, 0.3) is 0 Å². The molecule has 1 unspecified atom stereocenters. The highest BCUT2D eigenvalue weighted by Crippen LogP contribution is 2.41. The highest BCUT2D eigenvalue weighted by Gasteiger charge is 2.33. The molecule has 0 aromatic carbocycles. The van der Waals surface area contributed by atoms with E-state index >= 15 is 0 Å². The summed E-state index contributed by atoms with van der Waals surface area (Å²) in [6, 6.07) is 0. The summed E-state index contributed by atoms with van der Waals surface area (Å²) >= 11 is 4.58. The molecule has 0 saturated heterocycles. The summed E-state index contributed by atoms with van der Waals surface area (Å²) in [6.45, 7) is 6.98. The molecule has 1 rings (SSSR count). The van der Waals surface area contributed by atoms with Crippen LogP contribution in [-0.2, 0) is 0 Å². The van der Waals surface area contributed by atoms with Crippen molar-refractivity contribution in [2.45, 2.75) is 45.3 Å². The van der Waals surface area contributed by atoms with Crippen molar-refractivity contribution < 1.29 is 0 Å². The Labute approximate surface area is 69.8 Å². The highest BCUT2D eigenvalue weighted by molar-refractivity contribution is 7.81. The predicted octanol–water partition coefficient (Wildman–Crippen LogP) is 3.13. The van der Waals surface area contributed by atoms with Gasteiger partial charge in [0.25, 0.3) is 0 Å². The molecular weight excluding hydrogens is 140 g/mol. The van der Waals surface area contributed by atoms with E-state index in [9.17, 15) is 0 Å². The second kappa shape index (κ2) is 2.77. The third-order valence-electron chi connectivity index (χ3n) is 2.59. The Hall–Kier alpha value is 0.350. The van der Waals surface area contributed by atoms with Gasteiger partial charge in [-0.2, -0.15) is 12.6 Å². The first-order valence-corrected chi connectivity index (χ1v) is 4.71. The van der Waals surface area contributed by atoms with Gasteiger partial charge in [0, 0.05) is 5.25 Å².